The molecular formula is C19H26O. The van der Waals surface area contributed by atoms with Crippen molar-refractivity contribution in [2.24, 2.45) is 5.92 Å². The molecule has 0 amide bonds. The van der Waals surface area contributed by atoms with Gasteiger partial charge in [0.15, 0.2) is 0 Å². The van der Waals surface area contributed by atoms with Gasteiger partial charge in [0.05, 0.1) is 11.7 Å². The normalized spacial score (nSPS) is 43.3. The van der Waals surface area contributed by atoms with E-state index in [1.165, 1.54) is 44.1 Å². The van der Waals surface area contributed by atoms with Crippen LogP contribution in [0.3, 0.4) is 0 Å². The summed E-state index contributed by atoms with van der Waals surface area (Å²) in [5, 5.41) is 0. The van der Waals surface area contributed by atoms with Crippen LogP contribution in [-0.2, 0) is 4.74 Å². The van der Waals surface area contributed by atoms with Crippen LogP contribution in [-0.4, -0.2) is 11.7 Å². The topological polar surface area (TPSA) is 9.23 Å². The van der Waals surface area contributed by atoms with Crippen LogP contribution in [0.1, 0.15) is 75.3 Å². The average Bonchev–Trinajstić information content (AvgIpc) is 2.93. The zero-order chi connectivity index (χ0) is 13.7. The summed E-state index contributed by atoms with van der Waals surface area (Å²) in [6.45, 7) is 4.66. The molecule has 0 aromatic heterocycles. The number of benzene rings is 1. The van der Waals surface area contributed by atoms with Gasteiger partial charge in [-0.25, -0.2) is 0 Å². The predicted molar refractivity (Wildman–Crippen MR) is 82.1 cm³/mol. The van der Waals surface area contributed by atoms with Crippen molar-refractivity contribution in [3.05, 3.63) is 35.4 Å². The number of rotatable bonds is 2. The second kappa shape index (κ2) is 4.59. The van der Waals surface area contributed by atoms with Gasteiger partial charge in [-0.2, -0.15) is 0 Å². The molecule has 108 valence electrons. The molecule has 4 fully saturated rings. The van der Waals surface area contributed by atoms with Crippen LogP contribution in [0.5, 0.6) is 0 Å². The highest BCUT2D eigenvalue weighted by atomic mass is 16.5. The maximum Gasteiger partial charge on any atom is 0.0690 e. The van der Waals surface area contributed by atoms with Crippen LogP contribution in [0.15, 0.2) is 24.3 Å². The number of ether oxygens (including phenoxy) is 1. The maximum absolute atomic E-state index is 5.96. The first kappa shape index (κ1) is 12.9. The minimum atomic E-state index is 0.202. The molecule has 1 aromatic carbocycles. The summed E-state index contributed by atoms with van der Waals surface area (Å²) in [7, 11) is 0. The standard InChI is InChI=1S/C19H26O/c1-13-3-5-14(6-4-13)15-7-9-16(10-8-15)17-11-19(2)12-18(17)20-19/h7-10,13-14,17-18H,3-6,11-12H2,1-2H3. The van der Waals surface area contributed by atoms with Crippen molar-refractivity contribution in [3.8, 4) is 0 Å². The molecule has 2 aliphatic heterocycles. The van der Waals surface area contributed by atoms with E-state index in [2.05, 4.69) is 38.1 Å². The monoisotopic (exact) mass is 270 g/mol. The zero-order valence-corrected chi connectivity index (χ0v) is 12.8. The van der Waals surface area contributed by atoms with Gasteiger partial charge < -0.3 is 4.74 Å². The van der Waals surface area contributed by atoms with Crippen LogP contribution in [0, 0.1) is 5.92 Å². The Morgan fingerprint density at radius 2 is 1.55 bits per heavy atom. The molecule has 2 bridgehead atoms. The van der Waals surface area contributed by atoms with E-state index in [1.807, 2.05) is 0 Å². The molecule has 1 heteroatoms. The zero-order valence-electron chi connectivity index (χ0n) is 12.8. The summed E-state index contributed by atoms with van der Waals surface area (Å²) in [6, 6.07) is 9.55. The molecule has 3 atom stereocenters. The molecule has 0 spiro atoms. The molecule has 5 rings (SSSR count). The number of hydrogen-bond donors (Lipinski definition) is 0. The van der Waals surface area contributed by atoms with Crippen molar-refractivity contribution in [1.82, 2.24) is 0 Å². The highest BCUT2D eigenvalue weighted by molar-refractivity contribution is 5.31. The third-order valence-corrected chi connectivity index (χ3v) is 6.02. The lowest BCUT2D eigenvalue weighted by Crippen LogP contribution is -2.38. The van der Waals surface area contributed by atoms with Crippen LogP contribution in [0.2, 0.25) is 0 Å². The third kappa shape index (κ3) is 2.11. The van der Waals surface area contributed by atoms with Crippen LogP contribution in [0.4, 0.5) is 0 Å². The summed E-state index contributed by atoms with van der Waals surface area (Å²) >= 11 is 0. The molecule has 3 unspecified atom stereocenters. The average molecular weight is 270 g/mol. The predicted octanol–water partition coefficient (Wildman–Crippen LogP) is 5.02. The Bertz CT molecular complexity index is 475. The lowest BCUT2D eigenvalue weighted by Gasteiger charge is -2.35. The van der Waals surface area contributed by atoms with E-state index in [0.717, 1.165) is 11.8 Å². The molecule has 0 N–H and O–H groups in total. The Balaban J connectivity index is 1.46. The van der Waals surface area contributed by atoms with Gasteiger partial charge in [-0.05, 0) is 49.1 Å². The molecular weight excluding hydrogens is 244 g/mol. The van der Waals surface area contributed by atoms with Crippen molar-refractivity contribution in [2.45, 2.75) is 75.9 Å². The maximum atomic E-state index is 5.96. The Morgan fingerprint density at radius 3 is 2.10 bits per heavy atom. The second-order valence-electron chi connectivity index (χ2n) is 7.74. The lowest BCUT2D eigenvalue weighted by atomic mass is 9.79. The SMILES string of the molecule is CC1CCC(c2ccc(C3CC4(C)CC3O4)cc2)CC1. The molecule has 2 aliphatic carbocycles. The largest absolute Gasteiger partial charge is 0.371 e. The highest BCUT2D eigenvalue weighted by Gasteiger charge is 2.54. The molecule has 0 radical (unpaired) electrons. The van der Waals surface area contributed by atoms with Gasteiger partial charge in [0, 0.05) is 12.3 Å². The quantitative estimate of drug-likeness (QED) is 0.733. The molecule has 1 nitrogen and oxygen atoms in total. The lowest BCUT2D eigenvalue weighted by molar-refractivity contribution is -0.141. The van der Waals surface area contributed by atoms with Gasteiger partial charge >= 0.3 is 0 Å². The summed E-state index contributed by atoms with van der Waals surface area (Å²) in [5.74, 6) is 2.40. The molecule has 20 heavy (non-hydrogen) atoms. The van der Waals surface area contributed by atoms with Crippen molar-refractivity contribution in [1.29, 1.82) is 0 Å². The fourth-order valence-electron chi connectivity index (χ4n) is 4.68. The number of hydrogen-bond acceptors (Lipinski definition) is 1. The Hall–Kier alpha value is -0.820. The fourth-order valence-corrected chi connectivity index (χ4v) is 4.68. The first-order valence-corrected chi connectivity index (χ1v) is 8.41. The van der Waals surface area contributed by atoms with E-state index in [9.17, 15) is 0 Å². The Kier molecular flexibility index (Phi) is 2.96. The van der Waals surface area contributed by atoms with Gasteiger partial charge in [-0.15, -0.1) is 0 Å². The Labute approximate surface area is 122 Å². The van der Waals surface area contributed by atoms with Gasteiger partial charge in [-0.3, -0.25) is 0 Å². The molecule has 2 heterocycles. The van der Waals surface area contributed by atoms with Crippen molar-refractivity contribution in [3.63, 3.8) is 0 Å². The van der Waals surface area contributed by atoms with E-state index >= 15 is 0 Å². The van der Waals surface area contributed by atoms with Crippen LogP contribution < -0.4 is 0 Å². The van der Waals surface area contributed by atoms with Crippen molar-refractivity contribution >= 4 is 0 Å². The Morgan fingerprint density at radius 1 is 0.950 bits per heavy atom. The van der Waals surface area contributed by atoms with Crippen LogP contribution >= 0.6 is 0 Å². The van der Waals surface area contributed by atoms with E-state index in [-0.39, 0.29) is 5.60 Å². The van der Waals surface area contributed by atoms with E-state index in [0.29, 0.717) is 12.0 Å². The molecule has 2 saturated heterocycles. The summed E-state index contributed by atoms with van der Waals surface area (Å²) in [4.78, 5) is 0. The third-order valence-electron chi connectivity index (χ3n) is 6.02. The van der Waals surface area contributed by atoms with Crippen molar-refractivity contribution in [2.75, 3.05) is 0 Å². The minimum absolute atomic E-state index is 0.202. The van der Waals surface area contributed by atoms with E-state index in [4.69, 9.17) is 4.74 Å². The fraction of sp³-hybridized carbons (Fsp3) is 0.684. The first-order valence-electron chi connectivity index (χ1n) is 8.41. The first-order chi connectivity index (χ1) is 9.63. The summed E-state index contributed by atoms with van der Waals surface area (Å²) in [6.07, 6.45) is 8.56. The molecule has 1 aromatic rings. The molecule has 4 aliphatic rings. The summed E-state index contributed by atoms with van der Waals surface area (Å²) in [5.41, 5.74) is 3.27. The number of fused-ring (bicyclic) bond motifs is 1. The van der Waals surface area contributed by atoms with E-state index < -0.39 is 0 Å². The van der Waals surface area contributed by atoms with Gasteiger partial charge in [-0.1, -0.05) is 44.0 Å². The van der Waals surface area contributed by atoms with Gasteiger partial charge in [0.2, 0.25) is 0 Å². The highest BCUT2D eigenvalue weighted by Crippen LogP contribution is 2.54. The minimum Gasteiger partial charge on any atom is -0.371 e. The van der Waals surface area contributed by atoms with Gasteiger partial charge in [0.1, 0.15) is 0 Å². The second-order valence-corrected chi connectivity index (χ2v) is 7.74. The molecule has 2 saturated carbocycles. The van der Waals surface area contributed by atoms with Crippen molar-refractivity contribution < 1.29 is 4.74 Å². The smallest absolute Gasteiger partial charge is 0.0690 e. The van der Waals surface area contributed by atoms with Gasteiger partial charge in [0.25, 0.3) is 0 Å². The van der Waals surface area contributed by atoms with Crippen LogP contribution in [0.25, 0.3) is 0 Å². The summed E-state index contributed by atoms with van der Waals surface area (Å²) < 4.78 is 5.96. The van der Waals surface area contributed by atoms with E-state index in [1.54, 1.807) is 5.56 Å².